The van der Waals surface area contributed by atoms with Crippen LogP contribution < -0.4 is 10.1 Å². The Balaban J connectivity index is 2.27. The first-order chi connectivity index (χ1) is 10.2. The number of rotatable bonds is 6. The maximum absolute atomic E-state index is 5.19. The molecule has 0 bridgehead atoms. The zero-order chi connectivity index (χ0) is 15.2. The lowest BCUT2D eigenvalue weighted by Crippen LogP contribution is -2.09. The van der Waals surface area contributed by atoms with E-state index in [-0.39, 0.29) is 0 Å². The van der Waals surface area contributed by atoms with Crippen molar-refractivity contribution in [1.29, 1.82) is 0 Å². The van der Waals surface area contributed by atoms with Crippen molar-refractivity contribution in [2.75, 3.05) is 26.6 Å². The van der Waals surface area contributed by atoms with E-state index in [2.05, 4.69) is 42.9 Å². The Morgan fingerprint density at radius 1 is 1.24 bits per heavy atom. The second-order valence-electron chi connectivity index (χ2n) is 4.32. The summed E-state index contributed by atoms with van der Waals surface area (Å²) in [5.74, 6) is 2.14. The molecule has 0 aliphatic heterocycles. The van der Waals surface area contributed by atoms with Gasteiger partial charge in [0.1, 0.15) is 11.6 Å². The van der Waals surface area contributed by atoms with Gasteiger partial charge in [0, 0.05) is 32.8 Å². The molecule has 6 nitrogen and oxygen atoms in total. The van der Waals surface area contributed by atoms with E-state index in [1.165, 1.54) is 0 Å². The SMILES string of the molecule is CNc1nc(Cc2ccc(OC)nc2)nc(COC)c1I. The summed E-state index contributed by atoms with van der Waals surface area (Å²) < 4.78 is 11.2. The molecule has 2 aromatic heterocycles. The zero-order valence-electron chi connectivity index (χ0n) is 12.2. The predicted molar refractivity (Wildman–Crippen MR) is 88.6 cm³/mol. The monoisotopic (exact) mass is 400 g/mol. The molecule has 1 N–H and O–H groups in total. The highest BCUT2D eigenvalue weighted by Gasteiger charge is 2.12. The largest absolute Gasteiger partial charge is 0.481 e. The number of hydrogen-bond acceptors (Lipinski definition) is 6. The zero-order valence-corrected chi connectivity index (χ0v) is 14.3. The summed E-state index contributed by atoms with van der Waals surface area (Å²) in [5, 5.41) is 3.09. The van der Waals surface area contributed by atoms with Gasteiger partial charge in [0.05, 0.1) is 23.0 Å². The Labute approximate surface area is 137 Å². The predicted octanol–water partition coefficient (Wildman–Crippen LogP) is 2.26. The average Bonchev–Trinajstić information content (AvgIpc) is 2.51. The third kappa shape index (κ3) is 4.01. The Kier molecular flexibility index (Phi) is 5.68. The second-order valence-corrected chi connectivity index (χ2v) is 5.40. The van der Waals surface area contributed by atoms with Crippen LogP contribution in [0.1, 0.15) is 17.1 Å². The van der Waals surface area contributed by atoms with Gasteiger partial charge < -0.3 is 14.8 Å². The highest BCUT2D eigenvalue weighted by Crippen LogP contribution is 2.20. The molecule has 0 saturated heterocycles. The smallest absolute Gasteiger partial charge is 0.212 e. The number of methoxy groups -OCH3 is 2. The molecular weight excluding hydrogens is 383 g/mol. The van der Waals surface area contributed by atoms with Gasteiger partial charge >= 0.3 is 0 Å². The standard InChI is InChI=1S/C14H17IN4O2/c1-16-14-13(15)10(8-20-2)18-11(19-14)6-9-4-5-12(21-3)17-7-9/h4-5,7H,6,8H2,1-3H3,(H,16,18,19). The van der Waals surface area contributed by atoms with Crippen molar-refractivity contribution >= 4 is 28.4 Å². The van der Waals surface area contributed by atoms with Crippen LogP contribution in [0.3, 0.4) is 0 Å². The van der Waals surface area contributed by atoms with Gasteiger partial charge in [0.15, 0.2) is 0 Å². The normalized spacial score (nSPS) is 10.5. The van der Waals surface area contributed by atoms with Gasteiger partial charge in [0.2, 0.25) is 5.88 Å². The van der Waals surface area contributed by atoms with E-state index in [0.29, 0.717) is 18.9 Å². The van der Waals surface area contributed by atoms with Crippen LogP contribution in [0.15, 0.2) is 18.3 Å². The van der Waals surface area contributed by atoms with Crippen molar-refractivity contribution in [1.82, 2.24) is 15.0 Å². The Hall–Kier alpha value is -1.48. The quantitative estimate of drug-likeness (QED) is 0.751. The summed E-state index contributed by atoms with van der Waals surface area (Å²) in [6.07, 6.45) is 2.38. The van der Waals surface area contributed by atoms with Gasteiger partial charge in [-0.1, -0.05) is 6.07 Å². The highest BCUT2D eigenvalue weighted by molar-refractivity contribution is 14.1. The van der Waals surface area contributed by atoms with E-state index < -0.39 is 0 Å². The number of anilines is 1. The van der Waals surface area contributed by atoms with Gasteiger partial charge in [-0.3, -0.25) is 0 Å². The van der Waals surface area contributed by atoms with E-state index in [1.54, 1.807) is 20.4 Å². The lowest BCUT2D eigenvalue weighted by atomic mass is 10.2. The molecule has 0 aliphatic rings. The van der Waals surface area contributed by atoms with Gasteiger partial charge in [0.25, 0.3) is 0 Å². The Morgan fingerprint density at radius 3 is 2.62 bits per heavy atom. The van der Waals surface area contributed by atoms with Crippen molar-refractivity contribution in [3.05, 3.63) is 39.0 Å². The minimum Gasteiger partial charge on any atom is -0.481 e. The summed E-state index contributed by atoms with van der Waals surface area (Å²) in [5.41, 5.74) is 1.91. The van der Waals surface area contributed by atoms with Crippen molar-refractivity contribution in [3.8, 4) is 5.88 Å². The van der Waals surface area contributed by atoms with E-state index >= 15 is 0 Å². The number of halogens is 1. The first kappa shape index (κ1) is 15.9. The van der Waals surface area contributed by atoms with Crippen LogP contribution in [0.4, 0.5) is 5.82 Å². The third-order valence-corrected chi connectivity index (χ3v) is 3.99. The number of hydrogen-bond donors (Lipinski definition) is 1. The van der Waals surface area contributed by atoms with Crippen LogP contribution in [0.5, 0.6) is 5.88 Å². The summed E-state index contributed by atoms with van der Waals surface area (Å²) in [6, 6.07) is 3.79. The molecule has 21 heavy (non-hydrogen) atoms. The molecule has 0 spiro atoms. The molecule has 0 radical (unpaired) electrons. The molecule has 2 aromatic rings. The topological polar surface area (TPSA) is 69.2 Å². The van der Waals surface area contributed by atoms with Crippen molar-refractivity contribution in [3.63, 3.8) is 0 Å². The fraction of sp³-hybridized carbons (Fsp3) is 0.357. The molecule has 112 valence electrons. The third-order valence-electron chi connectivity index (χ3n) is 2.85. The average molecular weight is 400 g/mol. The fourth-order valence-electron chi connectivity index (χ4n) is 1.84. The second kappa shape index (κ2) is 7.51. The summed E-state index contributed by atoms with van der Waals surface area (Å²) in [4.78, 5) is 13.3. The fourth-order valence-corrected chi connectivity index (χ4v) is 2.51. The molecule has 0 fully saturated rings. The van der Waals surface area contributed by atoms with Crippen LogP contribution in [0.2, 0.25) is 0 Å². The van der Waals surface area contributed by atoms with Gasteiger partial charge in [-0.15, -0.1) is 0 Å². The van der Waals surface area contributed by atoms with E-state index in [0.717, 1.165) is 26.5 Å². The molecular formula is C14H17IN4O2. The first-order valence-corrected chi connectivity index (χ1v) is 7.46. The van der Waals surface area contributed by atoms with Gasteiger partial charge in [-0.25, -0.2) is 15.0 Å². The molecule has 0 aromatic carbocycles. The maximum atomic E-state index is 5.19. The minimum atomic E-state index is 0.462. The molecule has 0 saturated carbocycles. The maximum Gasteiger partial charge on any atom is 0.212 e. The van der Waals surface area contributed by atoms with Crippen LogP contribution in [0, 0.1) is 3.57 Å². The number of aromatic nitrogens is 3. The molecule has 7 heteroatoms. The lowest BCUT2D eigenvalue weighted by molar-refractivity contribution is 0.180. The molecule has 0 aliphatic carbocycles. The molecule has 0 atom stereocenters. The highest BCUT2D eigenvalue weighted by atomic mass is 127. The van der Waals surface area contributed by atoms with Crippen molar-refractivity contribution in [2.24, 2.45) is 0 Å². The molecule has 2 heterocycles. The molecule has 0 amide bonds. The van der Waals surface area contributed by atoms with Crippen molar-refractivity contribution < 1.29 is 9.47 Å². The minimum absolute atomic E-state index is 0.462. The summed E-state index contributed by atoms with van der Waals surface area (Å²) in [6.45, 7) is 0.462. The number of ether oxygens (including phenoxy) is 2. The van der Waals surface area contributed by atoms with E-state index in [9.17, 15) is 0 Å². The number of pyridine rings is 1. The summed E-state index contributed by atoms with van der Waals surface area (Å²) >= 11 is 2.22. The Morgan fingerprint density at radius 2 is 2.05 bits per heavy atom. The Bertz CT molecular complexity index is 605. The summed E-state index contributed by atoms with van der Waals surface area (Å²) in [7, 11) is 5.10. The molecule has 0 unspecified atom stereocenters. The first-order valence-electron chi connectivity index (χ1n) is 6.38. The van der Waals surface area contributed by atoms with Gasteiger partial charge in [-0.2, -0.15) is 0 Å². The van der Waals surface area contributed by atoms with Crippen LogP contribution in [-0.2, 0) is 17.8 Å². The van der Waals surface area contributed by atoms with E-state index in [1.807, 2.05) is 19.2 Å². The van der Waals surface area contributed by atoms with Crippen LogP contribution >= 0.6 is 22.6 Å². The van der Waals surface area contributed by atoms with Gasteiger partial charge in [-0.05, 0) is 28.2 Å². The van der Waals surface area contributed by atoms with Crippen molar-refractivity contribution in [2.45, 2.75) is 13.0 Å². The molecule has 2 rings (SSSR count). The number of nitrogens with zero attached hydrogens (tertiary/aromatic N) is 3. The lowest BCUT2D eigenvalue weighted by Gasteiger charge is -2.10. The van der Waals surface area contributed by atoms with Crippen LogP contribution in [0.25, 0.3) is 0 Å². The van der Waals surface area contributed by atoms with E-state index in [4.69, 9.17) is 9.47 Å². The number of nitrogens with one attached hydrogen (secondary N) is 1. The van der Waals surface area contributed by atoms with Crippen LogP contribution in [-0.4, -0.2) is 36.2 Å².